The maximum Gasteiger partial charge on any atom is 0.363 e. The summed E-state index contributed by atoms with van der Waals surface area (Å²) in [4.78, 5) is 29.2. The second kappa shape index (κ2) is 9.83. The summed E-state index contributed by atoms with van der Waals surface area (Å²) in [5, 5.41) is 0. The van der Waals surface area contributed by atoms with E-state index in [1.54, 1.807) is 36.4 Å². The molecule has 6 nitrogen and oxygen atoms in total. The van der Waals surface area contributed by atoms with Gasteiger partial charge < -0.3 is 14.2 Å². The fourth-order valence-electron chi connectivity index (χ4n) is 3.13. The molecule has 0 fully saturated rings. The van der Waals surface area contributed by atoms with Gasteiger partial charge in [0.1, 0.15) is 0 Å². The minimum absolute atomic E-state index is 0.164. The minimum Gasteiger partial charge on any atom is -0.490 e. The molecule has 1 aliphatic heterocycles. The lowest BCUT2D eigenvalue weighted by Crippen LogP contribution is -2.09. The third-order valence-electron chi connectivity index (χ3n) is 4.75. The Labute approximate surface area is 199 Å². The van der Waals surface area contributed by atoms with Crippen molar-refractivity contribution in [1.82, 2.24) is 0 Å². The zero-order valence-corrected chi connectivity index (χ0v) is 19.6. The van der Waals surface area contributed by atoms with Crippen LogP contribution in [0.4, 0.5) is 0 Å². The van der Waals surface area contributed by atoms with E-state index in [0.717, 1.165) is 10.0 Å². The Balaban J connectivity index is 1.59. The minimum atomic E-state index is -0.544. The van der Waals surface area contributed by atoms with E-state index in [1.165, 1.54) is 0 Å². The third-order valence-corrected chi connectivity index (χ3v) is 5.25. The van der Waals surface area contributed by atoms with Gasteiger partial charge in [-0.05, 0) is 68.0 Å². The fraction of sp³-hybridized carbons (Fsp3) is 0.115. The highest BCUT2D eigenvalue weighted by molar-refractivity contribution is 9.10. The van der Waals surface area contributed by atoms with Gasteiger partial charge in [-0.1, -0.05) is 45.8 Å². The smallest absolute Gasteiger partial charge is 0.363 e. The van der Waals surface area contributed by atoms with E-state index in [1.807, 2.05) is 50.2 Å². The number of cyclic esters (lactones) is 1. The topological polar surface area (TPSA) is 74.2 Å². The van der Waals surface area contributed by atoms with Crippen molar-refractivity contribution in [3.05, 3.63) is 99.2 Å². The summed E-state index contributed by atoms with van der Waals surface area (Å²) in [6.07, 6.45) is 1.60. The Morgan fingerprint density at radius 3 is 2.58 bits per heavy atom. The average Bonchev–Trinajstić information content (AvgIpc) is 3.16. The van der Waals surface area contributed by atoms with Gasteiger partial charge in [0.15, 0.2) is 17.2 Å². The number of hydrogen-bond donors (Lipinski definition) is 0. The number of aryl methyl sites for hydroxylation is 1. The molecule has 0 aliphatic carbocycles. The van der Waals surface area contributed by atoms with Crippen molar-refractivity contribution in [1.29, 1.82) is 0 Å². The van der Waals surface area contributed by atoms with Gasteiger partial charge >= 0.3 is 11.9 Å². The highest BCUT2D eigenvalue weighted by Crippen LogP contribution is 2.31. The van der Waals surface area contributed by atoms with E-state index in [-0.39, 0.29) is 17.3 Å². The molecule has 0 saturated heterocycles. The van der Waals surface area contributed by atoms with Crippen LogP contribution in [0.3, 0.4) is 0 Å². The quantitative estimate of drug-likeness (QED) is 0.243. The first-order valence-corrected chi connectivity index (χ1v) is 11.1. The molecule has 0 radical (unpaired) electrons. The maximum atomic E-state index is 12.5. The van der Waals surface area contributed by atoms with Crippen LogP contribution in [0.2, 0.25) is 0 Å². The molecular weight excluding hydrogens is 486 g/mol. The number of carbonyl (C=O) groups excluding carboxylic acids is 2. The van der Waals surface area contributed by atoms with Crippen molar-refractivity contribution in [3.63, 3.8) is 0 Å². The Bertz CT molecular complexity index is 1280. The van der Waals surface area contributed by atoms with Gasteiger partial charge in [0, 0.05) is 10.0 Å². The predicted octanol–water partition coefficient (Wildman–Crippen LogP) is 5.72. The van der Waals surface area contributed by atoms with Gasteiger partial charge in [0.2, 0.25) is 5.90 Å². The van der Waals surface area contributed by atoms with Crippen LogP contribution < -0.4 is 9.47 Å². The lowest BCUT2D eigenvalue weighted by molar-refractivity contribution is -0.129. The summed E-state index contributed by atoms with van der Waals surface area (Å²) in [5.41, 5.74) is 3.00. The Morgan fingerprint density at radius 2 is 1.85 bits per heavy atom. The molecule has 0 atom stereocenters. The number of carbonyl (C=O) groups is 2. The first-order valence-electron chi connectivity index (χ1n) is 10.3. The number of benzene rings is 3. The van der Waals surface area contributed by atoms with Gasteiger partial charge in [0.05, 0.1) is 12.2 Å². The van der Waals surface area contributed by atoms with Gasteiger partial charge in [-0.3, -0.25) is 0 Å². The summed E-state index contributed by atoms with van der Waals surface area (Å²) in [5.74, 6) is -0.115. The molecule has 3 aromatic rings. The lowest BCUT2D eigenvalue weighted by Gasteiger charge is -2.11. The van der Waals surface area contributed by atoms with Crippen molar-refractivity contribution < 1.29 is 23.8 Å². The highest BCUT2D eigenvalue weighted by atomic mass is 79.9. The van der Waals surface area contributed by atoms with Gasteiger partial charge in [-0.2, -0.15) is 0 Å². The first kappa shape index (κ1) is 22.5. The maximum absolute atomic E-state index is 12.5. The molecule has 0 amide bonds. The number of halogens is 1. The first-order chi connectivity index (χ1) is 15.9. The van der Waals surface area contributed by atoms with Crippen LogP contribution in [0, 0.1) is 6.92 Å². The Morgan fingerprint density at radius 1 is 1.06 bits per heavy atom. The molecule has 3 aromatic carbocycles. The molecular formula is C26H20BrNO5. The number of aliphatic imine (C=N–C) groups is 1. The van der Waals surface area contributed by atoms with Crippen LogP contribution in [-0.2, 0) is 9.53 Å². The van der Waals surface area contributed by atoms with Gasteiger partial charge in [0.25, 0.3) is 0 Å². The van der Waals surface area contributed by atoms with E-state index in [4.69, 9.17) is 14.2 Å². The van der Waals surface area contributed by atoms with E-state index in [9.17, 15) is 9.59 Å². The van der Waals surface area contributed by atoms with Gasteiger partial charge in [-0.25, -0.2) is 14.6 Å². The zero-order valence-electron chi connectivity index (χ0n) is 18.0. The number of rotatable bonds is 6. The SMILES string of the molecule is CCOc1cc(/C=C2\N=C(c3cccc(Br)c3)OC2=O)ccc1OC(=O)c1ccc(C)cc1. The van der Waals surface area contributed by atoms with Crippen LogP contribution >= 0.6 is 15.9 Å². The normalized spacial score (nSPS) is 14.1. The fourth-order valence-corrected chi connectivity index (χ4v) is 3.53. The third kappa shape index (κ3) is 5.38. The van der Waals surface area contributed by atoms with Crippen LogP contribution in [0.25, 0.3) is 6.08 Å². The molecule has 166 valence electrons. The van der Waals surface area contributed by atoms with Crippen molar-refractivity contribution in [2.45, 2.75) is 13.8 Å². The Hall–Kier alpha value is -3.71. The van der Waals surface area contributed by atoms with Gasteiger partial charge in [-0.15, -0.1) is 0 Å². The van der Waals surface area contributed by atoms with Crippen LogP contribution in [0.5, 0.6) is 11.5 Å². The highest BCUT2D eigenvalue weighted by Gasteiger charge is 2.24. The van der Waals surface area contributed by atoms with Crippen LogP contribution in [0.1, 0.15) is 34.0 Å². The lowest BCUT2D eigenvalue weighted by atomic mass is 10.1. The van der Waals surface area contributed by atoms with E-state index in [0.29, 0.717) is 29.0 Å². The zero-order chi connectivity index (χ0) is 23.4. The molecule has 0 aromatic heterocycles. The monoisotopic (exact) mass is 505 g/mol. The summed E-state index contributed by atoms with van der Waals surface area (Å²) in [6, 6.07) is 19.5. The second-order valence-electron chi connectivity index (χ2n) is 7.24. The number of nitrogens with zero attached hydrogens (tertiary/aromatic N) is 1. The molecule has 4 rings (SSSR count). The van der Waals surface area contributed by atoms with Crippen molar-refractivity contribution >= 4 is 39.8 Å². The number of ether oxygens (including phenoxy) is 3. The summed E-state index contributed by atoms with van der Waals surface area (Å²) in [7, 11) is 0. The van der Waals surface area contributed by atoms with E-state index >= 15 is 0 Å². The molecule has 0 spiro atoms. The van der Waals surface area contributed by atoms with Crippen LogP contribution in [-0.4, -0.2) is 24.4 Å². The standard InChI is InChI=1S/C26H20BrNO5/c1-3-31-23-14-17(9-12-22(23)32-25(29)18-10-7-16(2)8-11-18)13-21-26(30)33-24(28-21)19-5-4-6-20(27)15-19/h4-15H,3H2,1-2H3/b21-13-. The molecule has 1 aliphatic rings. The second-order valence-corrected chi connectivity index (χ2v) is 8.16. The number of esters is 2. The van der Waals surface area contributed by atoms with E-state index in [2.05, 4.69) is 20.9 Å². The van der Waals surface area contributed by atoms with Crippen LogP contribution in [0.15, 0.2) is 81.9 Å². The average molecular weight is 506 g/mol. The van der Waals surface area contributed by atoms with Crippen molar-refractivity contribution in [2.75, 3.05) is 6.61 Å². The van der Waals surface area contributed by atoms with E-state index < -0.39 is 11.9 Å². The summed E-state index contributed by atoms with van der Waals surface area (Å²) < 4.78 is 17.4. The molecule has 7 heteroatoms. The molecule has 0 saturated carbocycles. The van der Waals surface area contributed by atoms with Crippen molar-refractivity contribution in [3.8, 4) is 11.5 Å². The molecule has 33 heavy (non-hydrogen) atoms. The summed E-state index contributed by atoms with van der Waals surface area (Å²) in [6.45, 7) is 4.16. The molecule has 1 heterocycles. The van der Waals surface area contributed by atoms with Crippen molar-refractivity contribution in [2.24, 2.45) is 4.99 Å². The predicted molar refractivity (Wildman–Crippen MR) is 128 cm³/mol. The Kier molecular flexibility index (Phi) is 6.70. The molecule has 0 unspecified atom stereocenters. The summed E-state index contributed by atoms with van der Waals surface area (Å²) >= 11 is 3.40. The number of hydrogen-bond acceptors (Lipinski definition) is 6. The molecule has 0 N–H and O–H groups in total. The molecule has 0 bridgehead atoms. The largest absolute Gasteiger partial charge is 0.490 e.